The van der Waals surface area contributed by atoms with Gasteiger partial charge in [0.2, 0.25) is 5.95 Å². The number of esters is 1. The molecule has 1 heterocycles. The van der Waals surface area contributed by atoms with Gasteiger partial charge < -0.3 is 14.2 Å². The molecular formula is C15H21N3O2. The molecule has 0 aliphatic heterocycles. The zero-order chi connectivity index (χ0) is 14.5. The predicted molar refractivity (Wildman–Crippen MR) is 79.9 cm³/mol. The van der Waals surface area contributed by atoms with Crippen molar-refractivity contribution in [3.63, 3.8) is 0 Å². The number of imidazole rings is 1. The van der Waals surface area contributed by atoms with Crippen molar-refractivity contribution in [1.29, 1.82) is 0 Å². The first-order chi connectivity index (χ1) is 9.67. The summed E-state index contributed by atoms with van der Waals surface area (Å²) in [6.07, 6.45) is 0.947. The number of benzene rings is 1. The average molecular weight is 275 g/mol. The second kappa shape index (κ2) is 6.41. The Kier molecular flexibility index (Phi) is 4.61. The summed E-state index contributed by atoms with van der Waals surface area (Å²) >= 11 is 0. The van der Waals surface area contributed by atoms with Crippen molar-refractivity contribution in [1.82, 2.24) is 9.55 Å². The van der Waals surface area contributed by atoms with E-state index in [0.717, 1.165) is 29.9 Å². The van der Waals surface area contributed by atoms with Gasteiger partial charge in [-0.2, -0.15) is 0 Å². The summed E-state index contributed by atoms with van der Waals surface area (Å²) in [7, 11) is 1.97. The Bertz CT molecular complexity index is 592. The molecule has 0 saturated carbocycles. The number of anilines is 1. The molecule has 2 rings (SSSR count). The van der Waals surface area contributed by atoms with Gasteiger partial charge in [0.1, 0.15) is 6.54 Å². The van der Waals surface area contributed by atoms with E-state index < -0.39 is 0 Å². The molecule has 0 fully saturated rings. The zero-order valence-electron chi connectivity index (χ0n) is 12.3. The number of rotatable bonds is 6. The number of fused-ring (bicyclic) bond motifs is 1. The fourth-order valence-corrected chi connectivity index (χ4v) is 2.30. The van der Waals surface area contributed by atoms with Crippen molar-refractivity contribution in [3.05, 3.63) is 24.3 Å². The van der Waals surface area contributed by atoms with Crippen LogP contribution in [0.15, 0.2) is 24.3 Å². The van der Waals surface area contributed by atoms with Crippen LogP contribution in [-0.2, 0) is 16.6 Å². The molecule has 0 amide bonds. The summed E-state index contributed by atoms with van der Waals surface area (Å²) in [5, 5.41) is 0. The zero-order valence-corrected chi connectivity index (χ0v) is 12.3. The number of carbonyl (C=O) groups excluding carboxylic acids is 1. The van der Waals surface area contributed by atoms with Crippen molar-refractivity contribution in [2.75, 3.05) is 24.6 Å². The van der Waals surface area contributed by atoms with Gasteiger partial charge >= 0.3 is 5.97 Å². The number of para-hydroxylation sites is 2. The van der Waals surface area contributed by atoms with Gasteiger partial charge in [0, 0.05) is 13.6 Å². The minimum atomic E-state index is -0.215. The largest absolute Gasteiger partial charge is 0.465 e. The van der Waals surface area contributed by atoms with Crippen LogP contribution in [0.3, 0.4) is 0 Å². The molecule has 0 radical (unpaired) electrons. The number of hydrogen-bond donors (Lipinski definition) is 0. The second-order valence-electron chi connectivity index (χ2n) is 4.69. The highest BCUT2D eigenvalue weighted by atomic mass is 16.5. The molecule has 0 N–H and O–H groups in total. The van der Waals surface area contributed by atoms with Crippen molar-refractivity contribution >= 4 is 23.0 Å². The Labute approximate surface area is 119 Å². The lowest BCUT2D eigenvalue weighted by atomic mass is 10.3. The van der Waals surface area contributed by atoms with Crippen LogP contribution in [0.5, 0.6) is 0 Å². The number of hydrogen-bond acceptors (Lipinski definition) is 4. The van der Waals surface area contributed by atoms with E-state index in [1.54, 1.807) is 0 Å². The van der Waals surface area contributed by atoms with Gasteiger partial charge in [-0.1, -0.05) is 19.1 Å². The third-order valence-electron chi connectivity index (χ3n) is 3.17. The number of ether oxygens (including phenoxy) is 1. The smallest absolute Gasteiger partial charge is 0.325 e. The summed E-state index contributed by atoms with van der Waals surface area (Å²) in [6, 6.07) is 7.96. The van der Waals surface area contributed by atoms with Gasteiger partial charge in [-0.3, -0.25) is 4.79 Å². The Morgan fingerprint density at radius 2 is 2.10 bits per heavy atom. The second-order valence-corrected chi connectivity index (χ2v) is 4.69. The molecule has 0 bridgehead atoms. The van der Waals surface area contributed by atoms with Crippen molar-refractivity contribution in [2.45, 2.75) is 20.3 Å². The van der Waals surface area contributed by atoms with Crippen LogP contribution in [0.2, 0.25) is 0 Å². The molecule has 1 aromatic carbocycles. The molecule has 5 nitrogen and oxygen atoms in total. The summed E-state index contributed by atoms with van der Waals surface area (Å²) in [6.45, 7) is 5.31. The lowest BCUT2D eigenvalue weighted by Crippen LogP contribution is -2.33. The minimum absolute atomic E-state index is 0.215. The molecule has 1 aromatic heterocycles. The summed E-state index contributed by atoms with van der Waals surface area (Å²) in [5.41, 5.74) is 2.00. The molecule has 20 heavy (non-hydrogen) atoms. The molecule has 0 atom stereocenters. The van der Waals surface area contributed by atoms with Gasteiger partial charge in [0.15, 0.2) is 0 Å². The van der Waals surface area contributed by atoms with E-state index in [0.29, 0.717) is 6.61 Å². The molecule has 0 aliphatic rings. The molecule has 0 aliphatic carbocycles. The van der Waals surface area contributed by atoms with Crippen molar-refractivity contribution < 1.29 is 9.53 Å². The summed E-state index contributed by atoms with van der Waals surface area (Å²) < 4.78 is 7.05. The Balaban J connectivity index is 2.31. The van der Waals surface area contributed by atoms with Gasteiger partial charge in [-0.25, -0.2) is 4.98 Å². The predicted octanol–water partition coefficient (Wildman–Crippen LogP) is 2.35. The fourth-order valence-electron chi connectivity index (χ4n) is 2.30. The third kappa shape index (κ3) is 2.92. The van der Waals surface area contributed by atoms with E-state index >= 15 is 0 Å². The minimum Gasteiger partial charge on any atom is -0.465 e. The van der Waals surface area contributed by atoms with Crippen molar-refractivity contribution in [2.24, 2.45) is 7.05 Å². The maximum atomic E-state index is 11.7. The molecule has 0 spiro atoms. The maximum Gasteiger partial charge on any atom is 0.325 e. The first-order valence-electron chi connectivity index (χ1n) is 6.99. The number of aromatic nitrogens is 2. The van der Waals surface area contributed by atoms with Crippen LogP contribution < -0.4 is 4.90 Å². The summed E-state index contributed by atoms with van der Waals surface area (Å²) in [5.74, 6) is 0.592. The van der Waals surface area contributed by atoms with E-state index in [-0.39, 0.29) is 12.5 Å². The van der Waals surface area contributed by atoms with Crippen LogP contribution in [0.4, 0.5) is 5.95 Å². The van der Waals surface area contributed by atoms with Gasteiger partial charge in [-0.05, 0) is 25.5 Å². The third-order valence-corrected chi connectivity index (χ3v) is 3.17. The summed E-state index contributed by atoms with van der Waals surface area (Å²) in [4.78, 5) is 18.3. The average Bonchev–Trinajstić information content (AvgIpc) is 2.76. The number of nitrogens with zero attached hydrogens (tertiary/aromatic N) is 3. The first kappa shape index (κ1) is 14.4. The highest BCUT2D eigenvalue weighted by Crippen LogP contribution is 2.21. The molecular weight excluding hydrogens is 254 g/mol. The first-order valence-corrected chi connectivity index (χ1v) is 6.99. The van der Waals surface area contributed by atoms with Gasteiger partial charge in [0.25, 0.3) is 0 Å². The van der Waals surface area contributed by atoms with Crippen molar-refractivity contribution in [3.8, 4) is 0 Å². The normalized spacial score (nSPS) is 10.8. The monoisotopic (exact) mass is 275 g/mol. The van der Waals surface area contributed by atoms with Crippen LogP contribution in [0.1, 0.15) is 20.3 Å². The van der Waals surface area contributed by atoms with E-state index in [1.807, 2.05) is 47.7 Å². The molecule has 108 valence electrons. The Hall–Kier alpha value is -2.04. The van der Waals surface area contributed by atoms with E-state index in [9.17, 15) is 4.79 Å². The molecule has 5 heteroatoms. The topological polar surface area (TPSA) is 47.4 Å². The lowest BCUT2D eigenvalue weighted by Gasteiger charge is -2.21. The highest BCUT2D eigenvalue weighted by molar-refractivity contribution is 5.80. The molecule has 0 unspecified atom stereocenters. The van der Waals surface area contributed by atoms with Crippen LogP contribution in [0, 0.1) is 0 Å². The molecule has 0 saturated heterocycles. The maximum absolute atomic E-state index is 11.7. The highest BCUT2D eigenvalue weighted by Gasteiger charge is 2.17. The number of aryl methyl sites for hydroxylation is 1. The van der Waals surface area contributed by atoms with Crippen LogP contribution in [0.25, 0.3) is 11.0 Å². The van der Waals surface area contributed by atoms with Gasteiger partial charge in [-0.15, -0.1) is 0 Å². The number of carbonyl (C=O) groups is 1. The standard InChI is InChI=1S/C15H21N3O2/c1-4-10-18(11-14(19)20-5-2)15-16-12-8-6-7-9-13(12)17(15)3/h6-9H,4-5,10-11H2,1-3H3. The van der Waals surface area contributed by atoms with E-state index in [4.69, 9.17) is 4.74 Å². The van der Waals surface area contributed by atoms with E-state index in [2.05, 4.69) is 11.9 Å². The van der Waals surface area contributed by atoms with Crippen LogP contribution >= 0.6 is 0 Å². The van der Waals surface area contributed by atoms with Crippen LogP contribution in [-0.4, -0.2) is 35.2 Å². The fraction of sp³-hybridized carbons (Fsp3) is 0.467. The SMILES string of the molecule is CCCN(CC(=O)OCC)c1nc2ccccc2n1C. The van der Waals surface area contributed by atoms with Gasteiger partial charge in [0.05, 0.1) is 17.6 Å². The Morgan fingerprint density at radius 1 is 1.35 bits per heavy atom. The quantitative estimate of drug-likeness (QED) is 0.759. The lowest BCUT2D eigenvalue weighted by molar-refractivity contribution is -0.141. The molecule has 2 aromatic rings. The Morgan fingerprint density at radius 3 is 2.75 bits per heavy atom. The van der Waals surface area contributed by atoms with E-state index in [1.165, 1.54) is 0 Å².